The average molecular weight is 632 g/mol. The Labute approximate surface area is 272 Å². The van der Waals surface area contributed by atoms with E-state index in [1.807, 2.05) is 68.4 Å². The van der Waals surface area contributed by atoms with Gasteiger partial charge in [-0.2, -0.15) is 5.10 Å². The van der Waals surface area contributed by atoms with Crippen molar-refractivity contribution in [2.75, 3.05) is 24.7 Å². The minimum Gasteiger partial charge on any atom is -0.496 e. The Balaban J connectivity index is 1.22. The SMILES string of the molecule is COc1cc2c(cc1-c1c(C)noc1C)ncc1c(C(=O)NCCCCCC(=O)Nc3ccccc3N)n(Cc3ccccc3)nc12. The molecule has 0 saturated heterocycles. The van der Waals surface area contributed by atoms with Crippen LogP contribution in [0.3, 0.4) is 0 Å². The lowest BCUT2D eigenvalue weighted by molar-refractivity contribution is -0.116. The minimum absolute atomic E-state index is 0.0848. The number of nitrogens with zero attached hydrogens (tertiary/aromatic N) is 4. The Hall–Kier alpha value is -5.71. The smallest absolute Gasteiger partial charge is 0.270 e. The van der Waals surface area contributed by atoms with Crippen molar-refractivity contribution in [1.29, 1.82) is 0 Å². The lowest BCUT2D eigenvalue weighted by Crippen LogP contribution is -2.27. The summed E-state index contributed by atoms with van der Waals surface area (Å²) >= 11 is 0. The van der Waals surface area contributed by atoms with Crippen LogP contribution in [0.4, 0.5) is 11.4 Å². The Kier molecular flexibility index (Phi) is 9.14. The van der Waals surface area contributed by atoms with E-state index < -0.39 is 0 Å². The average Bonchev–Trinajstić information content (AvgIpc) is 3.61. The lowest BCUT2D eigenvalue weighted by atomic mass is 10.00. The Morgan fingerprint density at radius 3 is 2.51 bits per heavy atom. The topological polar surface area (TPSA) is 150 Å². The zero-order valence-electron chi connectivity index (χ0n) is 26.7. The Bertz CT molecular complexity index is 2050. The molecular formula is C36H37N7O4. The summed E-state index contributed by atoms with van der Waals surface area (Å²) in [4.78, 5) is 30.8. The molecule has 3 aromatic heterocycles. The van der Waals surface area contributed by atoms with Gasteiger partial charge in [-0.1, -0.05) is 54.0 Å². The summed E-state index contributed by atoms with van der Waals surface area (Å²) in [6, 6.07) is 20.9. The fraction of sp³-hybridized carbons (Fsp3) is 0.250. The molecule has 0 aliphatic heterocycles. The van der Waals surface area contributed by atoms with Crippen LogP contribution in [0, 0.1) is 13.8 Å². The van der Waals surface area contributed by atoms with Crippen LogP contribution < -0.4 is 21.1 Å². The quantitative estimate of drug-likeness (QED) is 0.103. The van der Waals surface area contributed by atoms with Crippen molar-refractivity contribution in [2.24, 2.45) is 0 Å². The lowest BCUT2D eigenvalue weighted by Gasteiger charge is -2.10. The molecule has 0 saturated carbocycles. The number of para-hydroxylation sites is 2. The molecule has 6 rings (SSSR count). The maximum atomic E-state index is 13.7. The second kappa shape index (κ2) is 13.7. The molecule has 11 nitrogen and oxygen atoms in total. The van der Waals surface area contributed by atoms with E-state index in [1.165, 1.54) is 0 Å². The van der Waals surface area contributed by atoms with Gasteiger partial charge in [-0.3, -0.25) is 19.3 Å². The van der Waals surface area contributed by atoms with Gasteiger partial charge in [-0.25, -0.2) is 0 Å². The van der Waals surface area contributed by atoms with Crippen molar-refractivity contribution < 1.29 is 18.8 Å². The Morgan fingerprint density at radius 1 is 0.979 bits per heavy atom. The summed E-state index contributed by atoms with van der Waals surface area (Å²) in [6.45, 7) is 4.63. The van der Waals surface area contributed by atoms with E-state index in [9.17, 15) is 9.59 Å². The molecule has 0 aliphatic rings. The second-order valence-corrected chi connectivity index (χ2v) is 11.5. The predicted molar refractivity (Wildman–Crippen MR) is 182 cm³/mol. The number of anilines is 2. The molecule has 0 spiro atoms. The number of amides is 2. The Morgan fingerprint density at radius 2 is 1.77 bits per heavy atom. The molecule has 0 radical (unpaired) electrons. The molecule has 11 heteroatoms. The molecule has 47 heavy (non-hydrogen) atoms. The number of benzene rings is 3. The molecular weight excluding hydrogens is 594 g/mol. The van der Waals surface area contributed by atoms with Gasteiger partial charge in [-0.15, -0.1) is 0 Å². The molecule has 6 aromatic rings. The van der Waals surface area contributed by atoms with Gasteiger partial charge in [0.15, 0.2) is 0 Å². The first-order valence-corrected chi connectivity index (χ1v) is 15.6. The highest BCUT2D eigenvalue weighted by Gasteiger charge is 2.23. The normalized spacial score (nSPS) is 11.2. The number of nitrogen functional groups attached to an aromatic ring is 1. The van der Waals surface area contributed by atoms with Crippen LogP contribution in [0.2, 0.25) is 0 Å². The fourth-order valence-corrected chi connectivity index (χ4v) is 5.83. The number of pyridine rings is 1. The molecule has 2 amide bonds. The largest absolute Gasteiger partial charge is 0.496 e. The highest BCUT2D eigenvalue weighted by atomic mass is 16.5. The second-order valence-electron chi connectivity index (χ2n) is 11.5. The summed E-state index contributed by atoms with van der Waals surface area (Å²) in [5.41, 5.74) is 12.3. The van der Waals surface area contributed by atoms with E-state index in [0.717, 1.165) is 40.6 Å². The molecule has 0 atom stereocenters. The first kappa shape index (κ1) is 31.3. The van der Waals surface area contributed by atoms with Crippen LogP contribution in [0.25, 0.3) is 32.9 Å². The van der Waals surface area contributed by atoms with Crippen LogP contribution >= 0.6 is 0 Å². The van der Waals surface area contributed by atoms with Crippen molar-refractivity contribution in [3.05, 3.63) is 95.6 Å². The van der Waals surface area contributed by atoms with E-state index in [-0.39, 0.29) is 11.8 Å². The van der Waals surface area contributed by atoms with E-state index in [2.05, 4.69) is 15.8 Å². The zero-order chi connectivity index (χ0) is 32.9. The number of methoxy groups -OCH3 is 1. The van der Waals surface area contributed by atoms with Gasteiger partial charge >= 0.3 is 0 Å². The third-order valence-electron chi connectivity index (χ3n) is 8.19. The molecule has 0 fully saturated rings. The zero-order valence-corrected chi connectivity index (χ0v) is 26.7. The van der Waals surface area contributed by atoms with E-state index >= 15 is 0 Å². The van der Waals surface area contributed by atoms with Gasteiger partial charge in [0.25, 0.3) is 5.91 Å². The number of carbonyl (C=O) groups excluding carboxylic acids is 2. The van der Waals surface area contributed by atoms with Crippen molar-refractivity contribution in [2.45, 2.75) is 46.1 Å². The molecule has 0 bridgehead atoms. The van der Waals surface area contributed by atoms with Crippen LogP contribution in [-0.2, 0) is 11.3 Å². The third-order valence-corrected chi connectivity index (χ3v) is 8.19. The molecule has 4 N–H and O–H groups in total. The molecule has 3 aromatic carbocycles. The van der Waals surface area contributed by atoms with E-state index in [1.54, 1.807) is 30.1 Å². The number of nitrogens with one attached hydrogen (secondary N) is 2. The van der Waals surface area contributed by atoms with Crippen LogP contribution in [-0.4, -0.2) is 45.4 Å². The number of fused-ring (bicyclic) bond motifs is 3. The van der Waals surface area contributed by atoms with E-state index in [4.69, 9.17) is 25.1 Å². The number of aromatic nitrogens is 4. The number of unbranched alkanes of at least 4 members (excludes halogenated alkanes) is 2. The summed E-state index contributed by atoms with van der Waals surface area (Å²) in [7, 11) is 1.62. The van der Waals surface area contributed by atoms with Gasteiger partial charge in [-0.05, 0) is 56.5 Å². The minimum atomic E-state index is -0.235. The highest BCUT2D eigenvalue weighted by molar-refractivity contribution is 6.13. The standard InChI is InChI=1S/C36H37N7O4/c1-22-33(23(2)47-42-22)26-18-30-25(19-31(26)46-3)34-27(20-39-30)35(43(41-34)21-24-12-6-4-7-13-24)36(45)38-17-11-5-8-16-32(44)40-29-15-10-9-14-28(29)37/h4,6-7,9-10,12-15,18-20H,5,8,11,16-17,21,37H2,1-3H3,(H,38,45)(H,40,44). The highest BCUT2D eigenvalue weighted by Crippen LogP contribution is 2.39. The fourth-order valence-electron chi connectivity index (χ4n) is 5.83. The van der Waals surface area contributed by atoms with Crippen LogP contribution in [0.1, 0.15) is 53.2 Å². The number of carbonyl (C=O) groups is 2. The van der Waals surface area contributed by atoms with Gasteiger partial charge in [0.05, 0.1) is 47.2 Å². The number of rotatable bonds is 12. The molecule has 240 valence electrons. The van der Waals surface area contributed by atoms with Crippen molar-refractivity contribution >= 4 is 45.0 Å². The van der Waals surface area contributed by atoms with Gasteiger partial charge in [0.1, 0.15) is 22.7 Å². The molecule has 0 unspecified atom stereocenters. The molecule has 0 aliphatic carbocycles. The first-order chi connectivity index (χ1) is 22.8. The van der Waals surface area contributed by atoms with Crippen molar-refractivity contribution in [3.63, 3.8) is 0 Å². The van der Waals surface area contributed by atoms with Crippen LogP contribution in [0.5, 0.6) is 5.75 Å². The summed E-state index contributed by atoms with van der Waals surface area (Å²) < 4.78 is 13.0. The number of hydrogen-bond acceptors (Lipinski definition) is 8. The van der Waals surface area contributed by atoms with Crippen LogP contribution in [0.15, 0.2) is 77.4 Å². The maximum Gasteiger partial charge on any atom is 0.270 e. The van der Waals surface area contributed by atoms with E-state index in [0.29, 0.717) is 70.9 Å². The van der Waals surface area contributed by atoms with Gasteiger partial charge in [0, 0.05) is 30.1 Å². The number of nitrogens with two attached hydrogens (primary N) is 1. The van der Waals surface area contributed by atoms with Crippen molar-refractivity contribution in [3.8, 4) is 16.9 Å². The monoisotopic (exact) mass is 631 g/mol. The molecule has 3 heterocycles. The number of aryl methyl sites for hydroxylation is 2. The predicted octanol–water partition coefficient (Wildman–Crippen LogP) is 6.42. The summed E-state index contributed by atoms with van der Waals surface area (Å²) in [5, 5.41) is 16.4. The third kappa shape index (κ3) is 6.64. The van der Waals surface area contributed by atoms with Gasteiger partial charge in [0.2, 0.25) is 5.91 Å². The number of hydrogen-bond donors (Lipinski definition) is 3. The maximum absolute atomic E-state index is 13.7. The number of ether oxygens (including phenoxy) is 1. The van der Waals surface area contributed by atoms with Crippen molar-refractivity contribution in [1.82, 2.24) is 25.2 Å². The summed E-state index contributed by atoms with van der Waals surface area (Å²) in [5.74, 6) is 0.998. The van der Waals surface area contributed by atoms with Gasteiger partial charge < -0.3 is 25.6 Å². The first-order valence-electron chi connectivity index (χ1n) is 15.6. The summed E-state index contributed by atoms with van der Waals surface area (Å²) in [6.07, 6.45) is 4.28.